The maximum absolute atomic E-state index is 13.1. The van der Waals surface area contributed by atoms with Gasteiger partial charge in [-0.05, 0) is 0 Å². The molecule has 12 rings (SSSR count). The molecular formula is C76H128N2O61. The Labute approximate surface area is 784 Å². The highest BCUT2D eigenvalue weighted by atomic mass is 16.8. The Bertz CT molecular complexity index is 3730. The molecule has 808 valence electrons. The molecule has 0 saturated carbocycles. The lowest BCUT2D eigenvalue weighted by atomic mass is 9.94. The minimum atomic E-state index is -2.79. The van der Waals surface area contributed by atoms with E-state index < -0.39 is 459 Å². The van der Waals surface area contributed by atoms with E-state index in [0.29, 0.717) is 0 Å². The summed E-state index contributed by atoms with van der Waals surface area (Å²) < 4.78 is 135. The van der Waals surface area contributed by atoms with E-state index in [1.54, 1.807) is 0 Å². The second kappa shape index (κ2) is 49.8. The van der Waals surface area contributed by atoms with Crippen molar-refractivity contribution in [3.8, 4) is 0 Å². The Morgan fingerprint density at radius 1 is 0.187 bits per heavy atom. The molecule has 12 heterocycles. The van der Waals surface area contributed by atoms with Crippen LogP contribution in [0.4, 0.5) is 0 Å². The Balaban J connectivity index is 0.892. The van der Waals surface area contributed by atoms with Crippen LogP contribution in [0.25, 0.3) is 0 Å². The average molecular weight is 2050 g/mol. The third kappa shape index (κ3) is 24.5. The summed E-state index contributed by atoms with van der Waals surface area (Å²) in [5.41, 5.74) is 0. The molecule has 12 saturated heterocycles. The minimum Gasteiger partial charge on any atom is -0.394 e. The molecule has 0 aromatic rings. The van der Waals surface area contributed by atoms with Crippen LogP contribution in [0.1, 0.15) is 13.8 Å². The summed E-state index contributed by atoms with van der Waals surface area (Å²) in [5, 5.41) is 408. The van der Waals surface area contributed by atoms with E-state index in [4.69, 9.17) is 109 Å². The summed E-state index contributed by atoms with van der Waals surface area (Å²) in [4.78, 5) is 25.4. The van der Waals surface area contributed by atoms with Gasteiger partial charge in [0.15, 0.2) is 75.5 Å². The Morgan fingerprint density at radius 3 is 0.755 bits per heavy atom. The summed E-state index contributed by atoms with van der Waals surface area (Å²) in [5.74, 6) is -1.83. The smallest absolute Gasteiger partial charge is 0.217 e. The van der Waals surface area contributed by atoms with E-state index in [9.17, 15) is 193 Å². The summed E-state index contributed by atoms with van der Waals surface area (Å²) in [6.45, 7) is -12.2. The topological polar surface area (TPSA) is 999 Å². The molecule has 0 spiro atoms. The first-order valence-corrected chi connectivity index (χ1v) is 44.2. The number of hydrogen-bond acceptors (Lipinski definition) is 61. The van der Waals surface area contributed by atoms with Crippen molar-refractivity contribution in [2.75, 3.05) is 79.3 Å². The number of aliphatic hydroxyl groups excluding tert-OH is 36. The first kappa shape index (κ1) is 114. The van der Waals surface area contributed by atoms with E-state index in [1.807, 2.05) is 0 Å². The Kier molecular flexibility index (Phi) is 41.0. The highest BCUT2D eigenvalue weighted by Crippen LogP contribution is 2.43. The molecule has 60 atom stereocenters. The standard InChI is InChI=1S/C76H128N2O61/c1-15(89)77-29-41(101)56(25(11-87)119-65(29)116)131-66-30(78-16(2)90)42(102)57(26(12-88)128-66)132-73-55(115)61(40(100)28(129-73)14-117-67-49(109)43(103)31(91)17(3-79)120-67)136-76-64(48(108)36(96)27(130-76)13-118-74-62(46(106)34(94)20(6-82)126-74)137-71-53(113)59(38(98)23(9-85)124-71)134-69-51(111)45(105)33(93)19(5-81)122-69)139-75-63(47(107)35(95)21(7-83)127-75)138-72-54(114)60(39(99)24(10-86)125-72)135-70-52(112)58(37(97)22(8-84)123-70)133-68-50(110)44(104)32(92)18(4-80)121-68/h17-76,79-88,91-116H,3-14H2,1-2H3,(H,77,89)(H,78,90)/t17-,18-,19-,20-,21-,22-,23-,24-,25-,26-,27-,28-,29-,30-,31-,32-,33-,34-,35-,36-,37-,38-,39-,40-,41-,42-,43+,44+,45+,46+,47+,48+,49+,50-,51+,52-,53+,54+,55+,56-,57-,58+,59+,60+,61+,62+,63+,64+,65-,66+,67+,68-,69-,70-,71-,72-,73+,74+,75-,76-/m1/s1. The summed E-state index contributed by atoms with van der Waals surface area (Å²) in [6, 6.07) is -3.71. The molecule has 0 aliphatic carbocycles. The summed E-state index contributed by atoms with van der Waals surface area (Å²) in [6.07, 6.45) is -130. The van der Waals surface area contributed by atoms with Crippen molar-refractivity contribution in [3.63, 3.8) is 0 Å². The highest BCUT2D eigenvalue weighted by Gasteiger charge is 2.64. The molecule has 0 bridgehead atoms. The molecular weight excluding hydrogens is 1920 g/mol. The van der Waals surface area contributed by atoms with Crippen LogP contribution in [0.3, 0.4) is 0 Å². The zero-order valence-electron chi connectivity index (χ0n) is 73.4. The van der Waals surface area contributed by atoms with E-state index in [1.165, 1.54) is 0 Å². The van der Waals surface area contributed by atoms with Gasteiger partial charge in [-0.15, -0.1) is 0 Å². The maximum atomic E-state index is 13.1. The van der Waals surface area contributed by atoms with Gasteiger partial charge in [0, 0.05) is 13.8 Å². The van der Waals surface area contributed by atoms with Crippen LogP contribution < -0.4 is 10.6 Å². The minimum absolute atomic E-state index is 0.828. The number of hydrogen-bond donors (Lipinski definition) is 38. The molecule has 2 amide bonds. The summed E-state index contributed by atoms with van der Waals surface area (Å²) >= 11 is 0. The van der Waals surface area contributed by atoms with Gasteiger partial charge in [0.25, 0.3) is 0 Å². The average Bonchev–Trinajstić information content (AvgIpc) is 0.759. The third-order valence-electron chi connectivity index (χ3n) is 25.9. The van der Waals surface area contributed by atoms with Crippen LogP contribution in [-0.4, -0.2) is 643 Å². The quantitative estimate of drug-likeness (QED) is 0.0277. The Morgan fingerprint density at radius 2 is 0.396 bits per heavy atom. The lowest BCUT2D eigenvalue weighted by molar-refractivity contribution is -0.414. The fraction of sp³-hybridized carbons (Fsp3) is 0.974. The largest absolute Gasteiger partial charge is 0.394 e. The van der Waals surface area contributed by atoms with Gasteiger partial charge in [-0.2, -0.15) is 0 Å². The van der Waals surface area contributed by atoms with Crippen LogP contribution in [-0.2, 0) is 119 Å². The van der Waals surface area contributed by atoms with Gasteiger partial charge < -0.3 is 303 Å². The molecule has 0 radical (unpaired) electrons. The second-order valence-corrected chi connectivity index (χ2v) is 35.2. The number of nitrogens with one attached hydrogen (secondary N) is 2. The molecule has 63 heteroatoms. The van der Waals surface area contributed by atoms with Crippen molar-refractivity contribution in [1.29, 1.82) is 0 Å². The number of rotatable bonds is 36. The normalized spacial score (nSPS) is 51.9. The fourth-order valence-corrected chi connectivity index (χ4v) is 18.0. The van der Waals surface area contributed by atoms with Crippen LogP contribution in [0.5, 0.6) is 0 Å². The van der Waals surface area contributed by atoms with Crippen LogP contribution >= 0.6 is 0 Å². The predicted octanol–water partition coefficient (Wildman–Crippen LogP) is -26.9. The fourth-order valence-electron chi connectivity index (χ4n) is 18.0. The van der Waals surface area contributed by atoms with Gasteiger partial charge in [-0.3, -0.25) is 9.59 Å². The van der Waals surface area contributed by atoms with Gasteiger partial charge in [0.2, 0.25) is 11.8 Å². The van der Waals surface area contributed by atoms with E-state index in [2.05, 4.69) is 10.6 Å². The van der Waals surface area contributed by atoms with Gasteiger partial charge in [-0.25, -0.2) is 0 Å². The molecule has 12 aliphatic rings. The lowest BCUT2D eigenvalue weighted by Crippen LogP contribution is -2.70. The number of carbonyl (C=O) groups is 2. The van der Waals surface area contributed by atoms with Crippen molar-refractivity contribution in [2.45, 2.75) is 382 Å². The van der Waals surface area contributed by atoms with Crippen molar-refractivity contribution in [3.05, 3.63) is 0 Å². The molecule has 38 N–H and O–H groups in total. The van der Waals surface area contributed by atoms with Crippen molar-refractivity contribution in [1.82, 2.24) is 10.6 Å². The number of amides is 2. The number of aliphatic hydroxyl groups is 36. The molecule has 0 aromatic heterocycles. The molecule has 0 unspecified atom stereocenters. The predicted molar refractivity (Wildman–Crippen MR) is 418 cm³/mol. The van der Waals surface area contributed by atoms with Crippen molar-refractivity contribution < 1.29 is 302 Å². The molecule has 0 aromatic carbocycles. The van der Waals surface area contributed by atoms with Gasteiger partial charge >= 0.3 is 0 Å². The second-order valence-electron chi connectivity index (χ2n) is 35.2. The first-order chi connectivity index (χ1) is 65.9. The lowest BCUT2D eigenvalue weighted by Gasteiger charge is -2.51. The van der Waals surface area contributed by atoms with Crippen molar-refractivity contribution >= 4 is 11.8 Å². The van der Waals surface area contributed by atoms with Gasteiger partial charge in [-0.1, -0.05) is 0 Å². The van der Waals surface area contributed by atoms with E-state index >= 15 is 0 Å². The highest BCUT2D eigenvalue weighted by molar-refractivity contribution is 5.73. The third-order valence-corrected chi connectivity index (χ3v) is 25.9. The van der Waals surface area contributed by atoms with E-state index in [0.717, 1.165) is 13.8 Å². The van der Waals surface area contributed by atoms with Gasteiger partial charge in [0.05, 0.1) is 79.3 Å². The molecule has 139 heavy (non-hydrogen) atoms. The van der Waals surface area contributed by atoms with Crippen molar-refractivity contribution in [2.24, 2.45) is 0 Å². The SMILES string of the molecule is CC(=O)N[C@@H]1[C@@H](O)[C@H](O[C@@H]2O[C@H](CO)[C@@H](O[C@@H]3O[C@H](CO[C@H]4O[C@H](CO)[C@@H](O)[C@H](O)[C@@H]4O)[C@@H](O)[C@H](O[C@H]4O[C@H](CO[C@H]5O[C@H](CO)[C@@H](O)[C@H](O)[C@@H]5O[C@H]5O[C@H](CO)[C@@H](O)[C@H](O[C@H]6O[C@H](CO)[C@@H](O)[C@H](O)[C@@H]6O)[C@@H]5O)[C@@H](O)[C@H](O)[C@@H]4O[C@H]4O[C@H](CO)[C@@H](O)[C@H](O)[C@@H]4O[C@H]4O[C@H](CO)[C@@H](O)[C@H](O[C@H]5O[C@H](CO)[C@@H](O)[C@H](O[C@H]6O[C@H](CO)[C@@H](O)[C@H](O)[C@H]6O)[C@H]5O)[C@@H]4O)[C@@H]3O)[C@H](O)[C@H]2NC(C)=O)[C@@H](CO)O[C@H]1O. The summed E-state index contributed by atoms with van der Waals surface area (Å²) in [7, 11) is 0. The first-order valence-electron chi connectivity index (χ1n) is 44.2. The molecule has 63 nitrogen and oxygen atoms in total. The zero-order valence-corrected chi connectivity index (χ0v) is 73.4. The Hall–Kier alpha value is -3.42. The number of carbonyl (C=O) groups excluding carboxylic acids is 2. The molecule has 12 aliphatic heterocycles. The van der Waals surface area contributed by atoms with Crippen LogP contribution in [0.2, 0.25) is 0 Å². The van der Waals surface area contributed by atoms with Crippen LogP contribution in [0.15, 0.2) is 0 Å². The number of ether oxygens (including phenoxy) is 23. The van der Waals surface area contributed by atoms with Gasteiger partial charge in [0.1, 0.15) is 293 Å². The zero-order chi connectivity index (χ0) is 102. The maximum Gasteiger partial charge on any atom is 0.217 e. The van der Waals surface area contributed by atoms with Crippen LogP contribution in [0, 0.1) is 0 Å². The van der Waals surface area contributed by atoms with E-state index in [-0.39, 0.29) is 0 Å². The molecule has 12 fully saturated rings. The monoisotopic (exact) mass is 2040 g/mol.